The summed E-state index contributed by atoms with van der Waals surface area (Å²) in [7, 11) is 0. The maximum atomic E-state index is 12.1. The summed E-state index contributed by atoms with van der Waals surface area (Å²) in [5.74, 6) is -0.352. The number of hydrogen-bond acceptors (Lipinski definition) is 4. The average Bonchev–Trinajstić information content (AvgIpc) is 2.66. The fourth-order valence-electron chi connectivity index (χ4n) is 3.07. The normalized spacial score (nSPS) is 15.7. The quantitative estimate of drug-likeness (QED) is 0.683. The Kier molecular flexibility index (Phi) is 8.06. The topological polar surface area (TPSA) is 64.7 Å². The third-order valence-corrected chi connectivity index (χ3v) is 5.06. The zero-order valence-electron chi connectivity index (χ0n) is 16.3. The third-order valence-electron chi connectivity index (χ3n) is 5.06. The lowest BCUT2D eigenvalue weighted by molar-refractivity contribution is -0.120. The van der Waals surface area contributed by atoms with Gasteiger partial charge in [0.2, 0.25) is 5.91 Å². The van der Waals surface area contributed by atoms with Crippen molar-refractivity contribution in [3.8, 4) is 0 Å². The highest BCUT2D eigenvalue weighted by Crippen LogP contribution is 2.09. The van der Waals surface area contributed by atoms with E-state index in [0.717, 1.165) is 56.8 Å². The highest BCUT2D eigenvalue weighted by molar-refractivity contribution is 5.96. The van der Waals surface area contributed by atoms with Gasteiger partial charge in [-0.05, 0) is 56.6 Å². The molecule has 0 atom stereocenters. The van der Waals surface area contributed by atoms with Gasteiger partial charge in [-0.2, -0.15) is 0 Å². The summed E-state index contributed by atoms with van der Waals surface area (Å²) in [6, 6.07) is 5.55. The molecule has 144 valence electrons. The van der Waals surface area contributed by atoms with E-state index in [4.69, 9.17) is 0 Å². The first-order chi connectivity index (χ1) is 12.5. The summed E-state index contributed by atoms with van der Waals surface area (Å²) in [5, 5.41) is 5.56. The summed E-state index contributed by atoms with van der Waals surface area (Å²) in [6.45, 7) is 13.4. The molecule has 2 rings (SSSR count). The zero-order valence-corrected chi connectivity index (χ0v) is 16.3. The van der Waals surface area contributed by atoms with Gasteiger partial charge in [-0.25, -0.2) is 0 Å². The molecule has 1 saturated heterocycles. The van der Waals surface area contributed by atoms with Gasteiger partial charge in [0.1, 0.15) is 0 Å². The minimum absolute atomic E-state index is 0.0148. The molecule has 1 aliphatic heterocycles. The lowest BCUT2D eigenvalue weighted by Gasteiger charge is -2.33. The van der Waals surface area contributed by atoms with Gasteiger partial charge in [0.25, 0.3) is 5.91 Å². The highest BCUT2D eigenvalue weighted by Gasteiger charge is 2.14. The fourth-order valence-corrected chi connectivity index (χ4v) is 3.07. The summed E-state index contributed by atoms with van der Waals surface area (Å²) in [4.78, 5) is 28.9. The summed E-state index contributed by atoms with van der Waals surface area (Å²) in [5.41, 5.74) is 2.81. The Labute approximate surface area is 156 Å². The Morgan fingerprint density at radius 3 is 2.35 bits per heavy atom. The smallest absolute Gasteiger partial charge is 0.251 e. The van der Waals surface area contributed by atoms with E-state index in [1.807, 2.05) is 26.0 Å². The Bertz CT molecular complexity index is 610. The average molecular weight is 361 g/mol. The van der Waals surface area contributed by atoms with E-state index < -0.39 is 0 Å². The van der Waals surface area contributed by atoms with Crippen LogP contribution in [0.15, 0.2) is 18.2 Å². The first-order valence-electron chi connectivity index (χ1n) is 9.56. The summed E-state index contributed by atoms with van der Waals surface area (Å²) >= 11 is 0. The van der Waals surface area contributed by atoms with Crippen LogP contribution in [0, 0.1) is 13.8 Å². The van der Waals surface area contributed by atoms with Crippen molar-refractivity contribution in [1.29, 1.82) is 0 Å². The predicted molar refractivity (Wildman–Crippen MR) is 104 cm³/mol. The molecule has 0 aliphatic carbocycles. The van der Waals surface area contributed by atoms with E-state index in [1.165, 1.54) is 0 Å². The van der Waals surface area contributed by atoms with Crippen molar-refractivity contribution in [3.05, 3.63) is 34.9 Å². The molecule has 0 unspecified atom stereocenters. The number of piperazine rings is 1. The van der Waals surface area contributed by atoms with Crippen molar-refractivity contribution in [2.45, 2.75) is 27.2 Å². The largest absolute Gasteiger partial charge is 0.355 e. The molecule has 1 aromatic rings. The van der Waals surface area contributed by atoms with Crippen molar-refractivity contribution >= 4 is 11.8 Å². The van der Waals surface area contributed by atoms with Crippen molar-refractivity contribution in [1.82, 2.24) is 20.4 Å². The number of hydrogen-bond donors (Lipinski definition) is 2. The number of amides is 2. The molecule has 0 bridgehead atoms. The van der Waals surface area contributed by atoms with E-state index in [2.05, 4.69) is 27.4 Å². The van der Waals surface area contributed by atoms with Crippen LogP contribution in [0.2, 0.25) is 0 Å². The van der Waals surface area contributed by atoms with Gasteiger partial charge < -0.3 is 20.4 Å². The van der Waals surface area contributed by atoms with Crippen LogP contribution in [0.1, 0.15) is 34.8 Å². The number of benzene rings is 1. The molecular formula is C20H32N4O2. The van der Waals surface area contributed by atoms with E-state index in [0.29, 0.717) is 12.1 Å². The first-order valence-corrected chi connectivity index (χ1v) is 9.56. The monoisotopic (exact) mass is 360 g/mol. The van der Waals surface area contributed by atoms with Crippen LogP contribution >= 0.6 is 0 Å². The molecule has 0 aromatic heterocycles. The summed E-state index contributed by atoms with van der Waals surface area (Å²) in [6.07, 6.45) is 0.934. The van der Waals surface area contributed by atoms with E-state index in [1.54, 1.807) is 6.07 Å². The van der Waals surface area contributed by atoms with E-state index in [-0.39, 0.29) is 18.4 Å². The Morgan fingerprint density at radius 1 is 1.00 bits per heavy atom. The van der Waals surface area contributed by atoms with Crippen LogP contribution in [-0.4, -0.2) is 74.0 Å². The molecule has 0 spiro atoms. The van der Waals surface area contributed by atoms with E-state index in [9.17, 15) is 9.59 Å². The number of nitrogens with zero attached hydrogens (tertiary/aromatic N) is 2. The molecule has 0 saturated carbocycles. The second kappa shape index (κ2) is 10.3. The van der Waals surface area contributed by atoms with Crippen LogP contribution in [0.5, 0.6) is 0 Å². The minimum atomic E-state index is -0.211. The van der Waals surface area contributed by atoms with Crippen molar-refractivity contribution < 1.29 is 9.59 Å². The fraction of sp³-hybridized carbons (Fsp3) is 0.600. The van der Waals surface area contributed by atoms with Gasteiger partial charge in [0, 0.05) is 38.3 Å². The number of carbonyl (C=O) groups is 2. The van der Waals surface area contributed by atoms with Gasteiger partial charge in [-0.15, -0.1) is 0 Å². The Morgan fingerprint density at radius 2 is 1.69 bits per heavy atom. The van der Waals surface area contributed by atoms with Crippen LogP contribution in [0.4, 0.5) is 0 Å². The molecule has 1 fully saturated rings. The lowest BCUT2D eigenvalue weighted by atomic mass is 10.1. The van der Waals surface area contributed by atoms with E-state index >= 15 is 0 Å². The predicted octanol–water partition coefficient (Wildman–Crippen LogP) is 1.18. The van der Waals surface area contributed by atoms with Gasteiger partial charge in [-0.3, -0.25) is 9.59 Å². The number of carbonyl (C=O) groups excluding carboxylic acids is 2. The van der Waals surface area contributed by atoms with Crippen LogP contribution in [-0.2, 0) is 4.79 Å². The molecule has 6 nitrogen and oxygen atoms in total. The molecule has 1 heterocycles. The highest BCUT2D eigenvalue weighted by atomic mass is 16.2. The molecule has 0 radical (unpaired) electrons. The molecule has 1 aromatic carbocycles. The standard InChI is InChI=1S/C20H32N4O2/c1-4-23-10-12-24(13-11-23)9-5-8-21-19(25)15-22-20(26)18-7-6-16(2)17(3)14-18/h6-7,14H,4-5,8-13,15H2,1-3H3,(H,21,25)(H,22,26). The minimum Gasteiger partial charge on any atom is -0.355 e. The second-order valence-electron chi connectivity index (χ2n) is 6.96. The molecular weight excluding hydrogens is 328 g/mol. The number of rotatable bonds is 8. The summed E-state index contributed by atoms with van der Waals surface area (Å²) < 4.78 is 0. The van der Waals surface area contributed by atoms with Crippen molar-refractivity contribution in [3.63, 3.8) is 0 Å². The second-order valence-corrected chi connectivity index (χ2v) is 6.96. The molecule has 26 heavy (non-hydrogen) atoms. The molecule has 2 N–H and O–H groups in total. The molecule has 6 heteroatoms. The third kappa shape index (κ3) is 6.42. The van der Waals surface area contributed by atoms with Gasteiger partial charge in [0.05, 0.1) is 6.54 Å². The SMILES string of the molecule is CCN1CCN(CCCNC(=O)CNC(=O)c2ccc(C)c(C)c2)CC1. The number of nitrogens with one attached hydrogen (secondary N) is 2. The van der Waals surface area contributed by atoms with Gasteiger partial charge >= 0.3 is 0 Å². The van der Waals surface area contributed by atoms with Crippen molar-refractivity contribution in [2.24, 2.45) is 0 Å². The zero-order chi connectivity index (χ0) is 18.9. The number of likely N-dealkylation sites (N-methyl/N-ethyl adjacent to an activating group) is 1. The van der Waals surface area contributed by atoms with Crippen LogP contribution in [0.3, 0.4) is 0 Å². The lowest BCUT2D eigenvalue weighted by Crippen LogP contribution is -2.46. The maximum absolute atomic E-state index is 12.1. The van der Waals surface area contributed by atoms with Crippen LogP contribution < -0.4 is 10.6 Å². The Balaban J connectivity index is 1.59. The first kappa shape index (κ1) is 20.4. The number of aryl methyl sites for hydroxylation is 2. The van der Waals surface area contributed by atoms with Crippen LogP contribution in [0.25, 0.3) is 0 Å². The van der Waals surface area contributed by atoms with Gasteiger partial charge in [0.15, 0.2) is 0 Å². The van der Waals surface area contributed by atoms with Gasteiger partial charge in [-0.1, -0.05) is 13.0 Å². The maximum Gasteiger partial charge on any atom is 0.251 e. The van der Waals surface area contributed by atoms with Crippen molar-refractivity contribution in [2.75, 3.05) is 52.4 Å². The Hall–Kier alpha value is -1.92. The molecule has 1 aliphatic rings. The molecule has 2 amide bonds.